The molecule has 2 N–H and O–H groups in total. The summed E-state index contributed by atoms with van der Waals surface area (Å²) in [6.07, 6.45) is 1.67. The highest BCUT2D eigenvalue weighted by molar-refractivity contribution is 6.35. The first-order valence-corrected chi connectivity index (χ1v) is 6.58. The summed E-state index contributed by atoms with van der Waals surface area (Å²) in [7, 11) is 0. The Balaban J connectivity index is 2.12. The molecular weight excluding hydrogens is 286 g/mol. The standard InChI is InChI=1S/C16H10ClN3O/c17-12-6-7-14(16-11(12)4-2-8-20-16)21-13-5-1-3-10(9-18)15(13)19/h1-8H,19H2. The number of benzene rings is 2. The first kappa shape index (κ1) is 13.2. The maximum atomic E-state index is 9.00. The Morgan fingerprint density at radius 3 is 2.76 bits per heavy atom. The molecule has 3 rings (SSSR count). The van der Waals surface area contributed by atoms with Crippen molar-refractivity contribution in [3.63, 3.8) is 0 Å². The Morgan fingerprint density at radius 1 is 1.10 bits per heavy atom. The number of hydrogen-bond acceptors (Lipinski definition) is 4. The van der Waals surface area contributed by atoms with Gasteiger partial charge in [0, 0.05) is 11.6 Å². The topological polar surface area (TPSA) is 71.9 Å². The second-order valence-electron chi connectivity index (χ2n) is 4.38. The normalized spacial score (nSPS) is 10.3. The van der Waals surface area contributed by atoms with E-state index in [9.17, 15) is 0 Å². The molecule has 0 amide bonds. The number of hydrogen-bond donors (Lipinski definition) is 1. The van der Waals surface area contributed by atoms with Gasteiger partial charge in [-0.05, 0) is 36.4 Å². The number of nitrogens with zero attached hydrogens (tertiary/aromatic N) is 2. The van der Waals surface area contributed by atoms with E-state index in [0.717, 1.165) is 5.39 Å². The van der Waals surface area contributed by atoms with Gasteiger partial charge in [-0.3, -0.25) is 4.98 Å². The Bertz CT molecular complexity index is 871. The minimum atomic E-state index is 0.305. The molecule has 21 heavy (non-hydrogen) atoms. The number of nitrogen functional groups attached to an aromatic ring is 1. The fourth-order valence-electron chi connectivity index (χ4n) is 2.04. The number of ether oxygens (including phenoxy) is 1. The van der Waals surface area contributed by atoms with Crippen molar-refractivity contribution in [2.45, 2.75) is 0 Å². The van der Waals surface area contributed by atoms with E-state index < -0.39 is 0 Å². The third-order valence-electron chi connectivity index (χ3n) is 3.09. The first-order chi connectivity index (χ1) is 10.2. The maximum Gasteiger partial charge on any atom is 0.153 e. The van der Waals surface area contributed by atoms with E-state index in [2.05, 4.69) is 4.98 Å². The van der Waals surface area contributed by atoms with Gasteiger partial charge in [0.2, 0.25) is 0 Å². The molecule has 4 nitrogen and oxygen atoms in total. The van der Waals surface area contributed by atoms with E-state index in [1.807, 2.05) is 18.2 Å². The molecule has 3 aromatic rings. The zero-order chi connectivity index (χ0) is 14.8. The summed E-state index contributed by atoms with van der Waals surface area (Å²) in [4.78, 5) is 4.30. The molecular formula is C16H10ClN3O. The van der Waals surface area contributed by atoms with Gasteiger partial charge in [0.1, 0.15) is 11.6 Å². The van der Waals surface area contributed by atoms with Crippen molar-refractivity contribution < 1.29 is 4.74 Å². The van der Waals surface area contributed by atoms with Crippen molar-refractivity contribution in [1.29, 1.82) is 5.26 Å². The lowest BCUT2D eigenvalue weighted by Crippen LogP contribution is -1.96. The fraction of sp³-hybridized carbons (Fsp3) is 0. The van der Waals surface area contributed by atoms with Gasteiger partial charge in [0.25, 0.3) is 0 Å². The minimum Gasteiger partial charge on any atom is -0.453 e. The van der Waals surface area contributed by atoms with Crippen molar-refractivity contribution in [2.24, 2.45) is 0 Å². The second kappa shape index (κ2) is 5.31. The van der Waals surface area contributed by atoms with E-state index in [4.69, 9.17) is 27.3 Å². The molecule has 0 saturated heterocycles. The van der Waals surface area contributed by atoms with Crippen molar-refractivity contribution in [1.82, 2.24) is 4.98 Å². The van der Waals surface area contributed by atoms with Gasteiger partial charge in [-0.1, -0.05) is 17.7 Å². The second-order valence-corrected chi connectivity index (χ2v) is 4.78. The van der Waals surface area contributed by atoms with E-state index in [1.54, 1.807) is 36.5 Å². The Kier molecular flexibility index (Phi) is 3.35. The summed E-state index contributed by atoms with van der Waals surface area (Å²) in [5.41, 5.74) is 7.25. The molecule has 2 aromatic carbocycles. The molecule has 0 radical (unpaired) electrons. The van der Waals surface area contributed by atoms with Crippen LogP contribution in [-0.2, 0) is 0 Å². The van der Waals surface area contributed by atoms with Gasteiger partial charge >= 0.3 is 0 Å². The van der Waals surface area contributed by atoms with E-state index in [0.29, 0.717) is 33.3 Å². The van der Waals surface area contributed by atoms with Crippen LogP contribution >= 0.6 is 11.6 Å². The zero-order valence-electron chi connectivity index (χ0n) is 10.9. The van der Waals surface area contributed by atoms with Crippen LogP contribution in [0, 0.1) is 11.3 Å². The lowest BCUT2D eigenvalue weighted by Gasteiger charge is -2.11. The van der Waals surface area contributed by atoms with Crippen LogP contribution in [0.3, 0.4) is 0 Å². The number of nitriles is 1. The van der Waals surface area contributed by atoms with Crippen molar-refractivity contribution in [3.05, 3.63) is 59.2 Å². The molecule has 1 aromatic heterocycles. The van der Waals surface area contributed by atoms with Crippen LogP contribution in [0.15, 0.2) is 48.7 Å². The number of anilines is 1. The van der Waals surface area contributed by atoms with Crippen molar-refractivity contribution >= 4 is 28.2 Å². The molecule has 1 heterocycles. The Labute approximate surface area is 126 Å². The summed E-state index contributed by atoms with van der Waals surface area (Å²) in [6.45, 7) is 0. The highest BCUT2D eigenvalue weighted by Crippen LogP contribution is 2.35. The quantitative estimate of drug-likeness (QED) is 0.721. The maximum absolute atomic E-state index is 9.00. The molecule has 0 aliphatic heterocycles. The lowest BCUT2D eigenvalue weighted by atomic mass is 10.2. The van der Waals surface area contributed by atoms with Gasteiger partial charge < -0.3 is 10.5 Å². The van der Waals surface area contributed by atoms with Gasteiger partial charge in [0.15, 0.2) is 11.5 Å². The molecule has 102 valence electrons. The summed E-state index contributed by atoms with van der Waals surface area (Å²) in [5, 5.41) is 10.4. The van der Waals surface area contributed by atoms with Crippen LogP contribution in [0.4, 0.5) is 5.69 Å². The fourth-order valence-corrected chi connectivity index (χ4v) is 2.26. The third kappa shape index (κ3) is 2.35. The number of rotatable bonds is 2. The van der Waals surface area contributed by atoms with Crippen LogP contribution in [0.2, 0.25) is 5.02 Å². The predicted molar refractivity (Wildman–Crippen MR) is 82.4 cm³/mol. The average Bonchev–Trinajstić information content (AvgIpc) is 2.52. The van der Waals surface area contributed by atoms with Crippen LogP contribution in [0.25, 0.3) is 10.9 Å². The van der Waals surface area contributed by atoms with E-state index in [-0.39, 0.29) is 0 Å². The zero-order valence-corrected chi connectivity index (χ0v) is 11.6. The van der Waals surface area contributed by atoms with Crippen LogP contribution in [0.5, 0.6) is 11.5 Å². The monoisotopic (exact) mass is 295 g/mol. The average molecular weight is 296 g/mol. The third-order valence-corrected chi connectivity index (χ3v) is 3.42. The highest BCUT2D eigenvalue weighted by atomic mass is 35.5. The van der Waals surface area contributed by atoms with Gasteiger partial charge in [-0.15, -0.1) is 0 Å². The molecule has 0 spiro atoms. The summed E-state index contributed by atoms with van der Waals surface area (Å²) >= 11 is 6.15. The minimum absolute atomic E-state index is 0.305. The van der Waals surface area contributed by atoms with Crippen molar-refractivity contribution in [3.8, 4) is 17.6 Å². The largest absolute Gasteiger partial charge is 0.453 e. The Hall–Kier alpha value is -2.77. The first-order valence-electron chi connectivity index (χ1n) is 6.20. The summed E-state index contributed by atoms with van der Waals surface area (Å²) in [5.74, 6) is 0.958. The van der Waals surface area contributed by atoms with Crippen LogP contribution in [-0.4, -0.2) is 4.98 Å². The number of halogens is 1. The van der Waals surface area contributed by atoms with E-state index in [1.165, 1.54) is 0 Å². The van der Waals surface area contributed by atoms with Crippen LogP contribution in [0.1, 0.15) is 5.56 Å². The molecule has 0 saturated carbocycles. The van der Waals surface area contributed by atoms with Gasteiger partial charge in [-0.2, -0.15) is 5.26 Å². The smallest absolute Gasteiger partial charge is 0.153 e. The highest BCUT2D eigenvalue weighted by Gasteiger charge is 2.11. The number of pyridine rings is 1. The predicted octanol–water partition coefficient (Wildman–Crippen LogP) is 4.13. The Morgan fingerprint density at radius 2 is 1.95 bits per heavy atom. The number of nitrogens with two attached hydrogens (primary N) is 1. The number of fused-ring (bicyclic) bond motifs is 1. The number of aromatic nitrogens is 1. The van der Waals surface area contributed by atoms with Crippen molar-refractivity contribution in [2.75, 3.05) is 5.73 Å². The molecule has 0 fully saturated rings. The molecule has 0 atom stereocenters. The lowest BCUT2D eigenvalue weighted by molar-refractivity contribution is 0.489. The SMILES string of the molecule is N#Cc1cccc(Oc2ccc(Cl)c3cccnc23)c1N. The molecule has 5 heteroatoms. The molecule has 0 aliphatic carbocycles. The van der Waals surface area contributed by atoms with Crippen LogP contribution < -0.4 is 10.5 Å². The molecule has 0 bridgehead atoms. The van der Waals surface area contributed by atoms with Gasteiger partial charge in [-0.25, -0.2) is 0 Å². The van der Waals surface area contributed by atoms with E-state index >= 15 is 0 Å². The molecule has 0 aliphatic rings. The summed E-state index contributed by atoms with van der Waals surface area (Å²) < 4.78 is 5.82. The van der Waals surface area contributed by atoms with Gasteiger partial charge in [0.05, 0.1) is 16.3 Å². The molecule has 0 unspecified atom stereocenters. The number of para-hydroxylation sites is 1. The summed E-state index contributed by atoms with van der Waals surface area (Å²) in [6, 6.07) is 14.2.